The normalized spacial score (nSPS) is 12.3. The van der Waals surface area contributed by atoms with Crippen LogP contribution in [-0.4, -0.2) is 14.5 Å². The van der Waals surface area contributed by atoms with Crippen molar-refractivity contribution in [2.45, 2.75) is 13.0 Å². The van der Waals surface area contributed by atoms with E-state index in [2.05, 4.69) is 9.97 Å². The molecule has 0 aliphatic carbocycles. The minimum Gasteiger partial charge on any atom is -0.329 e. The van der Waals surface area contributed by atoms with E-state index < -0.39 is 0 Å². The molecule has 3 nitrogen and oxygen atoms in total. The summed E-state index contributed by atoms with van der Waals surface area (Å²) < 4.78 is 15.7. The maximum atomic E-state index is 13.7. The molecule has 0 radical (unpaired) electrons. The predicted molar refractivity (Wildman–Crippen MR) is 75.7 cm³/mol. The molecule has 0 spiro atoms. The maximum absolute atomic E-state index is 13.7. The zero-order chi connectivity index (χ0) is 13.9. The standard InChI is InChI=1S/C16H14FN3/c1-12(20-9-8-18-11-20)16-7-6-13(10-19-16)14-4-2-3-5-15(14)17/h2-12H,1H3. The molecule has 2 heterocycles. The van der Waals surface area contributed by atoms with Gasteiger partial charge in [-0.1, -0.05) is 24.3 Å². The summed E-state index contributed by atoms with van der Waals surface area (Å²) >= 11 is 0. The first kappa shape index (κ1) is 12.5. The topological polar surface area (TPSA) is 30.7 Å². The third-order valence-corrected chi connectivity index (χ3v) is 3.37. The molecule has 1 aromatic carbocycles. The van der Waals surface area contributed by atoms with E-state index in [1.807, 2.05) is 35.9 Å². The fourth-order valence-corrected chi connectivity index (χ4v) is 2.16. The Bertz CT molecular complexity index is 690. The Morgan fingerprint density at radius 1 is 1.15 bits per heavy atom. The highest BCUT2D eigenvalue weighted by atomic mass is 19.1. The van der Waals surface area contributed by atoms with E-state index in [1.54, 1.807) is 30.9 Å². The highest BCUT2D eigenvalue weighted by Crippen LogP contribution is 2.23. The van der Waals surface area contributed by atoms with Crippen LogP contribution in [0.4, 0.5) is 4.39 Å². The van der Waals surface area contributed by atoms with Gasteiger partial charge >= 0.3 is 0 Å². The Kier molecular flexibility index (Phi) is 3.29. The van der Waals surface area contributed by atoms with Crippen molar-refractivity contribution in [2.24, 2.45) is 0 Å². The van der Waals surface area contributed by atoms with Crippen LogP contribution in [0.25, 0.3) is 11.1 Å². The molecule has 0 saturated carbocycles. The van der Waals surface area contributed by atoms with E-state index in [4.69, 9.17) is 0 Å². The summed E-state index contributed by atoms with van der Waals surface area (Å²) in [5, 5.41) is 0. The lowest BCUT2D eigenvalue weighted by molar-refractivity contribution is 0.619. The summed E-state index contributed by atoms with van der Waals surface area (Å²) in [6.45, 7) is 2.05. The summed E-state index contributed by atoms with van der Waals surface area (Å²) in [7, 11) is 0. The lowest BCUT2D eigenvalue weighted by Crippen LogP contribution is -2.06. The highest BCUT2D eigenvalue weighted by molar-refractivity contribution is 5.63. The van der Waals surface area contributed by atoms with Gasteiger partial charge in [0.1, 0.15) is 5.82 Å². The zero-order valence-corrected chi connectivity index (χ0v) is 11.1. The second-order valence-electron chi connectivity index (χ2n) is 4.64. The smallest absolute Gasteiger partial charge is 0.131 e. The molecule has 3 rings (SSSR count). The number of imidazole rings is 1. The number of hydrogen-bond donors (Lipinski definition) is 0. The summed E-state index contributed by atoms with van der Waals surface area (Å²) in [5.41, 5.74) is 2.27. The predicted octanol–water partition coefficient (Wildman–Crippen LogP) is 3.69. The molecule has 20 heavy (non-hydrogen) atoms. The van der Waals surface area contributed by atoms with Crippen molar-refractivity contribution in [3.05, 3.63) is 72.8 Å². The van der Waals surface area contributed by atoms with Crippen LogP contribution in [0.2, 0.25) is 0 Å². The van der Waals surface area contributed by atoms with Crippen molar-refractivity contribution in [1.29, 1.82) is 0 Å². The van der Waals surface area contributed by atoms with Crippen LogP contribution in [0.1, 0.15) is 18.7 Å². The maximum Gasteiger partial charge on any atom is 0.131 e. The average Bonchev–Trinajstić information content (AvgIpc) is 3.01. The van der Waals surface area contributed by atoms with E-state index in [0.29, 0.717) is 5.56 Å². The summed E-state index contributed by atoms with van der Waals surface area (Å²) in [4.78, 5) is 8.47. The summed E-state index contributed by atoms with van der Waals surface area (Å²) in [6, 6.07) is 10.6. The summed E-state index contributed by atoms with van der Waals surface area (Å²) in [6.07, 6.45) is 7.11. The lowest BCUT2D eigenvalue weighted by atomic mass is 10.1. The Balaban J connectivity index is 1.90. The van der Waals surface area contributed by atoms with Crippen molar-refractivity contribution in [1.82, 2.24) is 14.5 Å². The molecule has 100 valence electrons. The van der Waals surface area contributed by atoms with Crippen LogP contribution in [-0.2, 0) is 0 Å². The van der Waals surface area contributed by atoms with Crippen LogP contribution >= 0.6 is 0 Å². The first-order valence-corrected chi connectivity index (χ1v) is 6.44. The highest BCUT2D eigenvalue weighted by Gasteiger charge is 2.10. The SMILES string of the molecule is CC(c1ccc(-c2ccccc2F)cn1)n1ccnc1. The molecule has 0 N–H and O–H groups in total. The van der Waals surface area contributed by atoms with Crippen molar-refractivity contribution in [3.63, 3.8) is 0 Å². The van der Waals surface area contributed by atoms with E-state index in [0.717, 1.165) is 11.3 Å². The number of pyridine rings is 1. The van der Waals surface area contributed by atoms with E-state index in [-0.39, 0.29) is 11.9 Å². The molecule has 4 heteroatoms. The molecule has 0 fully saturated rings. The van der Waals surface area contributed by atoms with Crippen LogP contribution in [0, 0.1) is 5.82 Å². The fraction of sp³-hybridized carbons (Fsp3) is 0.125. The van der Waals surface area contributed by atoms with E-state index in [1.165, 1.54) is 6.07 Å². The Hall–Kier alpha value is -2.49. The number of rotatable bonds is 3. The van der Waals surface area contributed by atoms with Gasteiger partial charge in [-0.15, -0.1) is 0 Å². The van der Waals surface area contributed by atoms with Gasteiger partial charge in [-0.25, -0.2) is 9.37 Å². The number of nitrogens with zero attached hydrogens (tertiary/aromatic N) is 3. The minimum atomic E-state index is -0.232. The monoisotopic (exact) mass is 267 g/mol. The van der Waals surface area contributed by atoms with Crippen molar-refractivity contribution < 1.29 is 4.39 Å². The van der Waals surface area contributed by atoms with Gasteiger partial charge in [-0.2, -0.15) is 0 Å². The number of benzene rings is 1. The molecule has 1 atom stereocenters. The average molecular weight is 267 g/mol. The van der Waals surface area contributed by atoms with Gasteiger partial charge in [0.25, 0.3) is 0 Å². The molecule has 0 aliphatic rings. The Labute approximate surface area is 116 Å². The lowest BCUT2D eigenvalue weighted by Gasteiger charge is -2.13. The van der Waals surface area contributed by atoms with E-state index in [9.17, 15) is 4.39 Å². The van der Waals surface area contributed by atoms with Crippen LogP contribution in [0.15, 0.2) is 61.3 Å². The first-order valence-electron chi connectivity index (χ1n) is 6.44. The fourth-order valence-electron chi connectivity index (χ4n) is 2.16. The van der Waals surface area contributed by atoms with Crippen molar-refractivity contribution in [2.75, 3.05) is 0 Å². The van der Waals surface area contributed by atoms with Gasteiger partial charge in [0.05, 0.1) is 18.1 Å². The largest absolute Gasteiger partial charge is 0.329 e. The van der Waals surface area contributed by atoms with Crippen molar-refractivity contribution >= 4 is 0 Å². The van der Waals surface area contributed by atoms with Gasteiger partial charge in [-0.05, 0) is 19.1 Å². The number of halogens is 1. The quantitative estimate of drug-likeness (QED) is 0.724. The van der Waals surface area contributed by atoms with Gasteiger partial charge in [0.2, 0.25) is 0 Å². The molecule has 2 aromatic heterocycles. The summed E-state index contributed by atoms with van der Waals surface area (Å²) in [5.74, 6) is -0.232. The van der Waals surface area contributed by atoms with Crippen LogP contribution in [0.5, 0.6) is 0 Å². The molecule has 1 unspecified atom stereocenters. The molecule has 0 aliphatic heterocycles. The molecule has 0 saturated heterocycles. The molecule has 0 bridgehead atoms. The second kappa shape index (κ2) is 5.25. The first-order chi connectivity index (χ1) is 9.75. The van der Waals surface area contributed by atoms with Crippen LogP contribution < -0.4 is 0 Å². The minimum absolute atomic E-state index is 0.104. The van der Waals surface area contributed by atoms with Gasteiger partial charge in [-0.3, -0.25) is 4.98 Å². The van der Waals surface area contributed by atoms with Crippen molar-refractivity contribution in [3.8, 4) is 11.1 Å². The van der Waals surface area contributed by atoms with Gasteiger partial charge in [0, 0.05) is 29.7 Å². The van der Waals surface area contributed by atoms with E-state index >= 15 is 0 Å². The zero-order valence-electron chi connectivity index (χ0n) is 11.1. The van der Waals surface area contributed by atoms with Gasteiger partial charge in [0.15, 0.2) is 0 Å². The Morgan fingerprint density at radius 3 is 2.65 bits per heavy atom. The molecular weight excluding hydrogens is 253 g/mol. The molecule has 3 aromatic rings. The number of hydrogen-bond acceptors (Lipinski definition) is 2. The second-order valence-corrected chi connectivity index (χ2v) is 4.64. The van der Waals surface area contributed by atoms with Crippen LogP contribution in [0.3, 0.4) is 0 Å². The third kappa shape index (κ3) is 2.32. The van der Waals surface area contributed by atoms with Gasteiger partial charge < -0.3 is 4.57 Å². The molecular formula is C16H14FN3. The number of aromatic nitrogens is 3. The Morgan fingerprint density at radius 2 is 2.00 bits per heavy atom. The third-order valence-electron chi connectivity index (χ3n) is 3.37. The molecule has 0 amide bonds.